The molecule has 0 fully saturated rings. The molecule has 204 valence electrons. The standard InChI is InChI=1S/C30H38N2O4SSi.Na.H/c1-30(2,3)38(5,6)36-27(22-14-17-31-18-15-22)23-12-13-24(25(20-23)21-10-8-7-9-11-21)28(33)32-26(29(34)35)16-19-37-4;;/h7-15,17-18,20,26-27H,16,19H2,1-6H3,(H,32,33)(H,34,35);;. The predicted octanol–water partition coefficient (Wildman–Crippen LogP) is 6.15. The fraction of sp³-hybridized carbons (Fsp3) is 0.367. The molecule has 2 aromatic carbocycles. The molecule has 3 aromatic rings. The number of aliphatic carboxylic acids is 1. The summed E-state index contributed by atoms with van der Waals surface area (Å²) in [6.07, 6.45) is 5.45. The van der Waals surface area contributed by atoms with Gasteiger partial charge in [-0.2, -0.15) is 11.8 Å². The number of carbonyl (C=O) groups excluding carboxylic acids is 1. The normalized spacial score (nSPS) is 13.2. The van der Waals surface area contributed by atoms with Crippen LogP contribution in [0.2, 0.25) is 18.1 Å². The van der Waals surface area contributed by atoms with Gasteiger partial charge in [-0.1, -0.05) is 57.2 Å². The third kappa shape index (κ3) is 8.77. The quantitative estimate of drug-likeness (QED) is 0.267. The number of nitrogens with zero attached hydrogens (tertiary/aromatic N) is 1. The summed E-state index contributed by atoms with van der Waals surface area (Å²) in [6, 6.07) is 18.3. The van der Waals surface area contributed by atoms with E-state index in [1.165, 1.54) is 0 Å². The number of hydrogen-bond donors (Lipinski definition) is 2. The average Bonchev–Trinajstić information content (AvgIpc) is 2.89. The Morgan fingerprint density at radius 1 is 1.03 bits per heavy atom. The molecule has 3 rings (SSSR count). The molecule has 0 saturated heterocycles. The minimum absolute atomic E-state index is 0. The first-order valence-electron chi connectivity index (χ1n) is 12.7. The van der Waals surface area contributed by atoms with Gasteiger partial charge in [0.2, 0.25) is 0 Å². The molecule has 2 unspecified atom stereocenters. The van der Waals surface area contributed by atoms with Gasteiger partial charge in [-0.3, -0.25) is 9.78 Å². The number of carbonyl (C=O) groups is 2. The van der Waals surface area contributed by atoms with E-state index < -0.39 is 26.2 Å². The number of carboxylic acid groups (broad SMARTS) is 1. The Bertz CT molecular complexity index is 1240. The van der Waals surface area contributed by atoms with Gasteiger partial charge < -0.3 is 14.8 Å². The van der Waals surface area contributed by atoms with Crippen molar-refractivity contribution in [3.05, 3.63) is 89.7 Å². The van der Waals surface area contributed by atoms with E-state index in [1.54, 1.807) is 30.2 Å². The van der Waals surface area contributed by atoms with Crippen molar-refractivity contribution < 1.29 is 19.1 Å². The Balaban J connectivity index is 0.00000533. The van der Waals surface area contributed by atoms with Crippen LogP contribution in [-0.4, -0.2) is 77.9 Å². The molecule has 0 radical (unpaired) electrons. The first kappa shape index (κ1) is 33.3. The summed E-state index contributed by atoms with van der Waals surface area (Å²) in [7, 11) is -2.18. The molecule has 1 heterocycles. The van der Waals surface area contributed by atoms with Crippen LogP contribution in [0.25, 0.3) is 11.1 Å². The van der Waals surface area contributed by atoms with E-state index in [0.29, 0.717) is 17.7 Å². The van der Waals surface area contributed by atoms with Gasteiger partial charge in [0.05, 0.1) is 6.10 Å². The molecular weight excluding hydrogens is 535 g/mol. The Kier molecular flexibility index (Phi) is 12.5. The summed E-state index contributed by atoms with van der Waals surface area (Å²) in [4.78, 5) is 29.4. The molecular formula is C30H39N2NaO4SSi. The summed E-state index contributed by atoms with van der Waals surface area (Å²) in [5.74, 6) is -0.805. The molecule has 0 aliphatic rings. The molecule has 0 bridgehead atoms. The van der Waals surface area contributed by atoms with E-state index in [1.807, 2.05) is 60.9 Å². The second kappa shape index (κ2) is 14.6. The number of hydrogen-bond acceptors (Lipinski definition) is 5. The molecule has 1 aromatic heterocycles. The molecule has 0 aliphatic heterocycles. The Morgan fingerprint density at radius 3 is 2.23 bits per heavy atom. The van der Waals surface area contributed by atoms with Crippen molar-refractivity contribution >= 4 is 61.5 Å². The molecule has 2 N–H and O–H groups in total. The second-order valence-corrected chi connectivity index (χ2v) is 16.6. The van der Waals surface area contributed by atoms with Gasteiger partial charge in [-0.15, -0.1) is 0 Å². The van der Waals surface area contributed by atoms with Crippen molar-refractivity contribution in [2.24, 2.45) is 0 Å². The first-order chi connectivity index (χ1) is 17.9. The number of nitrogens with one attached hydrogen (secondary N) is 1. The molecule has 0 saturated carbocycles. The summed E-state index contributed by atoms with van der Waals surface area (Å²) in [5, 5.41) is 12.4. The Hall–Kier alpha value is -1.94. The zero-order chi connectivity index (χ0) is 27.9. The molecule has 6 nitrogen and oxygen atoms in total. The van der Waals surface area contributed by atoms with Crippen LogP contribution in [-0.2, 0) is 9.22 Å². The van der Waals surface area contributed by atoms with E-state index in [4.69, 9.17) is 4.43 Å². The number of thioether (sulfide) groups is 1. The topological polar surface area (TPSA) is 88.5 Å². The van der Waals surface area contributed by atoms with Gasteiger partial charge in [-0.05, 0) is 83.1 Å². The molecule has 9 heteroatoms. The van der Waals surface area contributed by atoms with Gasteiger partial charge in [0, 0.05) is 18.0 Å². The van der Waals surface area contributed by atoms with Crippen LogP contribution < -0.4 is 5.32 Å². The molecule has 1 amide bonds. The van der Waals surface area contributed by atoms with Crippen molar-refractivity contribution in [1.29, 1.82) is 0 Å². The maximum atomic E-state index is 13.4. The van der Waals surface area contributed by atoms with Crippen molar-refractivity contribution in [3.8, 4) is 11.1 Å². The number of rotatable bonds is 11. The number of carboxylic acids is 1. The van der Waals surface area contributed by atoms with Crippen molar-refractivity contribution in [3.63, 3.8) is 0 Å². The minimum atomic E-state index is -2.18. The summed E-state index contributed by atoms with van der Waals surface area (Å²) in [5.41, 5.74) is 3.94. The van der Waals surface area contributed by atoms with Crippen molar-refractivity contribution in [2.75, 3.05) is 12.0 Å². The molecule has 0 spiro atoms. The van der Waals surface area contributed by atoms with Crippen LogP contribution in [0.5, 0.6) is 0 Å². The maximum absolute atomic E-state index is 13.4. The zero-order valence-electron chi connectivity index (χ0n) is 23.0. The summed E-state index contributed by atoms with van der Waals surface area (Å²) >= 11 is 1.55. The van der Waals surface area contributed by atoms with Crippen molar-refractivity contribution in [2.45, 2.75) is 57.5 Å². The van der Waals surface area contributed by atoms with Crippen LogP contribution in [0.15, 0.2) is 73.1 Å². The van der Waals surface area contributed by atoms with Crippen LogP contribution in [0.4, 0.5) is 0 Å². The van der Waals surface area contributed by atoms with E-state index in [-0.39, 0.29) is 40.7 Å². The molecule has 39 heavy (non-hydrogen) atoms. The van der Waals surface area contributed by atoms with Crippen LogP contribution in [0, 0.1) is 0 Å². The SMILES string of the molecule is CSCCC(NC(=O)c1ccc(C(O[Si](C)(C)C(C)(C)C)c2ccncc2)cc1-c1ccccc1)C(=O)O.[NaH]. The van der Waals surface area contributed by atoms with Gasteiger partial charge in [0.15, 0.2) is 8.32 Å². The first-order valence-corrected chi connectivity index (χ1v) is 17.0. The second-order valence-electron chi connectivity index (χ2n) is 10.9. The van der Waals surface area contributed by atoms with Crippen LogP contribution in [0.1, 0.15) is 54.8 Å². The van der Waals surface area contributed by atoms with E-state index >= 15 is 0 Å². The van der Waals surface area contributed by atoms with Crippen molar-refractivity contribution in [1.82, 2.24) is 10.3 Å². The summed E-state index contributed by atoms with van der Waals surface area (Å²) < 4.78 is 6.94. The van der Waals surface area contributed by atoms with E-state index in [2.05, 4.69) is 44.2 Å². The van der Waals surface area contributed by atoms with Gasteiger partial charge >= 0.3 is 35.5 Å². The predicted molar refractivity (Wildman–Crippen MR) is 165 cm³/mol. The van der Waals surface area contributed by atoms with Crippen LogP contribution >= 0.6 is 11.8 Å². The Labute approximate surface area is 259 Å². The monoisotopic (exact) mass is 574 g/mol. The number of pyridine rings is 1. The molecule has 0 aliphatic carbocycles. The third-order valence-electron chi connectivity index (χ3n) is 7.12. The summed E-state index contributed by atoms with van der Waals surface area (Å²) in [6.45, 7) is 11.1. The number of benzene rings is 2. The third-order valence-corrected chi connectivity index (χ3v) is 12.2. The Morgan fingerprint density at radius 2 is 1.67 bits per heavy atom. The van der Waals surface area contributed by atoms with E-state index in [9.17, 15) is 14.7 Å². The van der Waals surface area contributed by atoms with E-state index in [0.717, 1.165) is 22.3 Å². The van der Waals surface area contributed by atoms with Gasteiger partial charge in [0.25, 0.3) is 5.91 Å². The van der Waals surface area contributed by atoms with Gasteiger partial charge in [-0.25, -0.2) is 4.79 Å². The zero-order valence-corrected chi connectivity index (χ0v) is 24.8. The fourth-order valence-corrected chi connectivity index (χ4v) is 5.53. The number of aromatic nitrogens is 1. The van der Waals surface area contributed by atoms with Gasteiger partial charge in [0.1, 0.15) is 6.04 Å². The van der Waals surface area contributed by atoms with Crippen LogP contribution in [0.3, 0.4) is 0 Å². The fourth-order valence-electron chi connectivity index (χ4n) is 3.85. The average molecular weight is 575 g/mol. The number of amides is 1. The molecule has 2 atom stereocenters.